The molecular weight excluding hydrogens is 338 g/mol. The molecule has 1 amide bonds. The van der Waals surface area contributed by atoms with Gasteiger partial charge in [-0.05, 0) is 37.3 Å². The van der Waals surface area contributed by atoms with E-state index in [2.05, 4.69) is 30.0 Å². The number of piperidine rings is 1. The van der Waals surface area contributed by atoms with Gasteiger partial charge in [0.25, 0.3) is 5.91 Å². The summed E-state index contributed by atoms with van der Waals surface area (Å²) >= 11 is 0. The summed E-state index contributed by atoms with van der Waals surface area (Å²) in [5.74, 6) is 1.20. The van der Waals surface area contributed by atoms with Crippen LogP contribution in [0.4, 0.5) is 0 Å². The van der Waals surface area contributed by atoms with Crippen molar-refractivity contribution in [1.29, 1.82) is 0 Å². The van der Waals surface area contributed by atoms with Crippen molar-refractivity contribution in [1.82, 2.24) is 19.7 Å². The third-order valence-corrected chi connectivity index (χ3v) is 4.49. The SMILES string of the molecule is Cc1nc(C(=O)N2CCCC(N)C2)nn1-c1ccccc1C(C)C.Cl. The molecule has 2 heterocycles. The molecule has 7 heteroatoms. The highest BCUT2D eigenvalue weighted by molar-refractivity contribution is 5.90. The normalized spacial score (nSPS) is 17.5. The second-order valence-electron chi connectivity index (χ2n) is 6.76. The minimum absolute atomic E-state index is 0. The van der Waals surface area contributed by atoms with E-state index in [0.29, 0.717) is 18.3 Å². The van der Waals surface area contributed by atoms with E-state index in [1.165, 1.54) is 5.56 Å². The Bertz CT molecular complexity index is 743. The summed E-state index contributed by atoms with van der Waals surface area (Å²) in [7, 11) is 0. The minimum atomic E-state index is -0.131. The van der Waals surface area contributed by atoms with E-state index in [1.807, 2.05) is 25.1 Å². The maximum atomic E-state index is 12.7. The number of hydrogen-bond acceptors (Lipinski definition) is 4. The number of hydrogen-bond donors (Lipinski definition) is 1. The Labute approximate surface area is 154 Å². The first kappa shape index (κ1) is 19.4. The van der Waals surface area contributed by atoms with Crippen LogP contribution in [0.1, 0.15) is 54.6 Å². The molecule has 1 aliphatic rings. The van der Waals surface area contributed by atoms with Gasteiger partial charge in [0.15, 0.2) is 0 Å². The first-order valence-electron chi connectivity index (χ1n) is 8.55. The van der Waals surface area contributed by atoms with Crippen molar-refractivity contribution in [3.63, 3.8) is 0 Å². The molecular formula is C18H26ClN5O. The van der Waals surface area contributed by atoms with Gasteiger partial charge in [-0.2, -0.15) is 0 Å². The van der Waals surface area contributed by atoms with Crippen LogP contribution in [0.2, 0.25) is 0 Å². The smallest absolute Gasteiger partial charge is 0.293 e. The number of amides is 1. The Morgan fingerprint density at radius 1 is 1.32 bits per heavy atom. The van der Waals surface area contributed by atoms with Crippen LogP contribution in [0.15, 0.2) is 24.3 Å². The number of likely N-dealkylation sites (tertiary alicyclic amines) is 1. The largest absolute Gasteiger partial charge is 0.334 e. The van der Waals surface area contributed by atoms with Gasteiger partial charge in [-0.15, -0.1) is 17.5 Å². The van der Waals surface area contributed by atoms with Crippen LogP contribution in [-0.4, -0.2) is 44.7 Å². The van der Waals surface area contributed by atoms with Crippen molar-refractivity contribution in [3.8, 4) is 5.69 Å². The fraction of sp³-hybridized carbons (Fsp3) is 0.500. The minimum Gasteiger partial charge on any atom is -0.334 e. The van der Waals surface area contributed by atoms with Crippen molar-refractivity contribution in [2.24, 2.45) is 5.73 Å². The van der Waals surface area contributed by atoms with Gasteiger partial charge >= 0.3 is 0 Å². The van der Waals surface area contributed by atoms with Crippen molar-refractivity contribution < 1.29 is 4.79 Å². The molecule has 0 aliphatic carbocycles. The predicted molar refractivity (Wildman–Crippen MR) is 101 cm³/mol. The first-order valence-corrected chi connectivity index (χ1v) is 8.55. The average molecular weight is 364 g/mol. The summed E-state index contributed by atoms with van der Waals surface area (Å²) in [6, 6.07) is 8.15. The molecule has 136 valence electrons. The lowest BCUT2D eigenvalue weighted by atomic mass is 10.0. The maximum Gasteiger partial charge on any atom is 0.293 e. The van der Waals surface area contributed by atoms with E-state index in [4.69, 9.17) is 5.73 Å². The Morgan fingerprint density at radius 3 is 2.72 bits per heavy atom. The van der Waals surface area contributed by atoms with Crippen LogP contribution in [0, 0.1) is 6.92 Å². The Morgan fingerprint density at radius 2 is 2.04 bits per heavy atom. The molecule has 1 aliphatic heterocycles. The topological polar surface area (TPSA) is 77.0 Å². The average Bonchev–Trinajstić information content (AvgIpc) is 2.95. The van der Waals surface area contributed by atoms with Crippen LogP contribution < -0.4 is 5.73 Å². The monoisotopic (exact) mass is 363 g/mol. The second-order valence-corrected chi connectivity index (χ2v) is 6.76. The molecule has 2 aromatic rings. The van der Waals surface area contributed by atoms with Gasteiger partial charge in [-0.1, -0.05) is 32.0 Å². The molecule has 1 saturated heterocycles. The summed E-state index contributed by atoms with van der Waals surface area (Å²) in [5, 5.41) is 4.50. The number of carbonyl (C=O) groups is 1. The number of aromatic nitrogens is 3. The number of nitrogens with zero attached hydrogens (tertiary/aromatic N) is 4. The highest BCUT2D eigenvalue weighted by atomic mass is 35.5. The molecule has 2 N–H and O–H groups in total. The van der Waals surface area contributed by atoms with E-state index in [-0.39, 0.29) is 30.2 Å². The number of benzene rings is 1. The number of para-hydroxylation sites is 1. The third kappa shape index (κ3) is 4.02. The van der Waals surface area contributed by atoms with Crippen molar-refractivity contribution >= 4 is 18.3 Å². The molecule has 0 saturated carbocycles. The van der Waals surface area contributed by atoms with Crippen molar-refractivity contribution in [2.75, 3.05) is 13.1 Å². The van der Waals surface area contributed by atoms with E-state index in [1.54, 1.807) is 9.58 Å². The van der Waals surface area contributed by atoms with Crippen LogP contribution in [-0.2, 0) is 0 Å². The van der Waals surface area contributed by atoms with Crippen LogP contribution >= 0.6 is 12.4 Å². The molecule has 0 bridgehead atoms. The molecule has 25 heavy (non-hydrogen) atoms. The van der Waals surface area contributed by atoms with Crippen LogP contribution in [0.3, 0.4) is 0 Å². The maximum absolute atomic E-state index is 12.7. The predicted octanol–water partition coefficient (Wildman–Crippen LogP) is 2.68. The molecule has 1 unspecified atom stereocenters. The first-order chi connectivity index (χ1) is 11.5. The molecule has 1 fully saturated rings. The number of aryl methyl sites for hydroxylation is 1. The number of carbonyl (C=O) groups excluding carboxylic acids is 1. The van der Waals surface area contributed by atoms with Gasteiger partial charge in [0.1, 0.15) is 5.82 Å². The van der Waals surface area contributed by atoms with Gasteiger partial charge in [0, 0.05) is 19.1 Å². The zero-order valence-electron chi connectivity index (χ0n) is 15.0. The van der Waals surface area contributed by atoms with E-state index < -0.39 is 0 Å². The van der Waals surface area contributed by atoms with E-state index >= 15 is 0 Å². The van der Waals surface area contributed by atoms with Crippen molar-refractivity contribution in [3.05, 3.63) is 41.5 Å². The quantitative estimate of drug-likeness (QED) is 0.909. The van der Waals surface area contributed by atoms with Crippen molar-refractivity contribution in [2.45, 2.75) is 45.6 Å². The van der Waals surface area contributed by atoms with Crippen LogP contribution in [0.5, 0.6) is 0 Å². The lowest BCUT2D eigenvalue weighted by Crippen LogP contribution is -2.46. The second kappa shape index (κ2) is 7.97. The Balaban J connectivity index is 0.00000225. The lowest BCUT2D eigenvalue weighted by molar-refractivity contribution is 0.0696. The van der Waals surface area contributed by atoms with Gasteiger partial charge < -0.3 is 10.6 Å². The Kier molecular flexibility index (Phi) is 6.19. The molecule has 3 rings (SSSR count). The third-order valence-electron chi connectivity index (χ3n) is 4.49. The number of rotatable bonds is 3. The number of nitrogens with two attached hydrogens (primary N) is 1. The summed E-state index contributed by atoms with van der Waals surface area (Å²) in [4.78, 5) is 18.9. The lowest BCUT2D eigenvalue weighted by Gasteiger charge is -2.29. The molecule has 6 nitrogen and oxygen atoms in total. The molecule has 1 atom stereocenters. The highest BCUT2D eigenvalue weighted by Gasteiger charge is 2.26. The van der Waals surface area contributed by atoms with Gasteiger partial charge in [0.2, 0.25) is 5.82 Å². The van der Waals surface area contributed by atoms with E-state index in [9.17, 15) is 4.79 Å². The van der Waals surface area contributed by atoms with Gasteiger partial charge in [-0.3, -0.25) is 4.79 Å². The molecule has 0 radical (unpaired) electrons. The standard InChI is InChI=1S/C18H25N5O.ClH/c1-12(2)15-8-4-5-9-16(15)23-13(3)20-17(21-23)18(24)22-10-6-7-14(19)11-22;/h4-5,8-9,12,14H,6-7,10-11,19H2,1-3H3;1H. The van der Waals surface area contributed by atoms with E-state index in [0.717, 1.165) is 25.1 Å². The fourth-order valence-electron chi connectivity index (χ4n) is 3.21. The van der Waals surface area contributed by atoms with Crippen LogP contribution in [0.25, 0.3) is 5.69 Å². The zero-order valence-corrected chi connectivity index (χ0v) is 15.8. The summed E-state index contributed by atoms with van der Waals surface area (Å²) in [5.41, 5.74) is 8.14. The van der Waals surface area contributed by atoms with Gasteiger partial charge in [0.05, 0.1) is 5.69 Å². The molecule has 1 aromatic carbocycles. The zero-order chi connectivity index (χ0) is 17.3. The summed E-state index contributed by atoms with van der Waals surface area (Å²) in [6.45, 7) is 7.47. The summed E-state index contributed by atoms with van der Waals surface area (Å²) < 4.78 is 1.77. The summed E-state index contributed by atoms with van der Waals surface area (Å²) in [6.07, 6.45) is 1.90. The highest BCUT2D eigenvalue weighted by Crippen LogP contribution is 2.23. The number of halogens is 1. The molecule has 0 spiro atoms. The molecule has 1 aromatic heterocycles. The Hall–Kier alpha value is -1.92. The van der Waals surface area contributed by atoms with Gasteiger partial charge in [-0.25, -0.2) is 9.67 Å². The fourth-order valence-corrected chi connectivity index (χ4v) is 3.21.